The van der Waals surface area contributed by atoms with E-state index in [2.05, 4.69) is 10.3 Å². The molecule has 2 aromatic rings. The molecular formula is C15H18N4O3. The predicted molar refractivity (Wildman–Crippen MR) is 78.4 cm³/mol. The Hall–Kier alpha value is -2.59. The van der Waals surface area contributed by atoms with Crippen LogP contribution in [0.3, 0.4) is 0 Å². The first-order chi connectivity index (χ1) is 10.8. The Balaban J connectivity index is 2.03. The van der Waals surface area contributed by atoms with E-state index < -0.39 is 0 Å². The minimum Gasteiger partial charge on any atom is -0.494 e. The highest BCUT2D eigenvalue weighted by Crippen LogP contribution is 2.19. The second-order valence-corrected chi connectivity index (χ2v) is 4.49. The molecule has 0 aliphatic rings. The second kappa shape index (κ2) is 8.00. The van der Waals surface area contributed by atoms with Crippen molar-refractivity contribution < 1.29 is 14.6 Å². The fourth-order valence-corrected chi connectivity index (χ4v) is 1.91. The van der Waals surface area contributed by atoms with E-state index in [9.17, 15) is 0 Å². The average molecular weight is 302 g/mol. The third kappa shape index (κ3) is 3.96. The van der Waals surface area contributed by atoms with E-state index in [1.165, 1.54) is 0 Å². The summed E-state index contributed by atoms with van der Waals surface area (Å²) >= 11 is 0. The van der Waals surface area contributed by atoms with Crippen LogP contribution in [-0.4, -0.2) is 33.3 Å². The van der Waals surface area contributed by atoms with Gasteiger partial charge in [0.2, 0.25) is 0 Å². The number of aliphatic hydroxyl groups is 1. The van der Waals surface area contributed by atoms with Gasteiger partial charge in [0.05, 0.1) is 6.61 Å². The molecule has 1 N–H and O–H groups in total. The van der Waals surface area contributed by atoms with Crippen molar-refractivity contribution in [3.8, 4) is 17.6 Å². The lowest BCUT2D eigenvalue weighted by atomic mass is 10.3. The molecule has 0 fully saturated rings. The smallest absolute Gasteiger partial charge is 0.189 e. The molecule has 1 aromatic carbocycles. The van der Waals surface area contributed by atoms with E-state index in [0.717, 1.165) is 5.75 Å². The molecule has 0 atom stereocenters. The summed E-state index contributed by atoms with van der Waals surface area (Å²) in [7, 11) is 0. The lowest BCUT2D eigenvalue weighted by molar-refractivity contribution is 0.265. The molecule has 1 heterocycles. The summed E-state index contributed by atoms with van der Waals surface area (Å²) in [6.07, 6.45) is 0.546. The van der Waals surface area contributed by atoms with Crippen molar-refractivity contribution >= 4 is 0 Å². The van der Waals surface area contributed by atoms with E-state index in [0.29, 0.717) is 31.0 Å². The Kier molecular flexibility index (Phi) is 5.74. The van der Waals surface area contributed by atoms with Gasteiger partial charge in [-0.05, 0) is 37.6 Å². The Labute approximate surface area is 128 Å². The zero-order valence-electron chi connectivity index (χ0n) is 12.4. The maximum Gasteiger partial charge on any atom is 0.189 e. The van der Waals surface area contributed by atoms with E-state index in [1.807, 2.05) is 25.1 Å². The van der Waals surface area contributed by atoms with Gasteiger partial charge >= 0.3 is 0 Å². The fraction of sp³-hybridized carbons (Fsp3) is 0.400. The number of aryl methyl sites for hydroxylation is 1. The SMILES string of the molecule is CCOc1ccc(OCc2c(C#N)nnn2CCCO)cc1. The van der Waals surface area contributed by atoms with Crippen LogP contribution in [0.4, 0.5) is 0 Å². The first-order valence-corrected chi connectivity index (χ1v) is 7.07. The highest BCUT2D eigenvalue weighted by Gasteiger charge is 2.13. The molecule has 0 bridgehead atoms. The molecule has 7 heteroatoms. The summed E-state index contributed by atoms with van der Waals surface area (Å²) in [5.74, 6) is 1.45. The number of benzene rings is 1. The number of hydrogen-bond donors (Lipinski definition) is 1. The molecule has 0 aliphatic carbocycles. The number of ether oxygens (including phenoxy) is 2. The van der Waals surface area contributed by atoms with Gasteiger partial charge in [-0.15, -0.1) is 5.10 Å². The van der Waals surface area contributed by atoms with E-state index in [-0.39, 0.29) is 18.9 Å². The van der Waals surface area contributed by atoms with E-state index in [1.54, 1.807) is 16.8 Å². The number of hydrogen-bond acceptors (Lipinski definition) is 6. The number of nitrogens with zero attached hydrogens (tertiary/aromatic N) is 4. The van der Waals surface area contributed by atoms with Gasteiger partial charge in [0.15, 0.2) is 5.69 Å². The summed E-state index contributed by atoms with van der Waals surface area (Å²) in [6, 6.07) is 9.26. The van der Waals surface area contributed by atoms with Gasteiger partial charge in [-0.2, -0.15) is 5.26 Å². The molecule has 2 rings (SSSR count). The van der Waals surface area contributed by atoms with Crippen LogP contribution in [0.15, 0.2) is 24.3 Å². The molecule has 0 aliphatic heterocycles. The van der Waals surface area contributed by atoms with Crippen molar-refractivity contribution in [1.82, 2.24) is 15.0 Å². The molecule has 0 saturated heterocycles. The van der Waals surface area contributed by atoms with Gasteiger partial charge in [-0.3, -0.25) is 0 Å². The fourth-order valence-electron chi connectivity index (χ4n) is 1.91. The first kappa shape index (κ1) is 15.8. The van der Waals surface area contributed by atoms with E-state index in [4.69, 9.17) is 19.8 Å². The second-order valence-electron chi connectivity index (χ2n) is 4.49. The van der Waals surface area contributed by atoms with Crippen LogP contribution >= 0.6 is 0 Å². The topological polar surface area (TPSA) is 93.2 Å². The van der Waals surface area contributed by atoms with Gasteiger partial charge in [0.1, 0.15) is 29.9 Å². The zero-order chi connectivity index (χ0) is 15.8. The number of nitriles is 1. The highest BCUT2D eigenvalue weighted by molar-refractivity contribution is 5.32. The van der Waals surface area contributed by atoms with Crippen LogP contribution in [0.5, 0.6) is 11.5 Å². The molecule has 1 aromatic heterocycles. The first-order valence-electron chi connectivity index (χ1n) is 7.07. The van der Waals surface area contributed by atoms with Crippen molar-refractivity contribution in [3.05, 3.63) is 35.7 Å². The lowest BCUT2D eigenvalue weighted by Crippen LogP contribution is -2.10. The molecule has 0 spiro atoms. The van der Waals surface area contributed by atoms with Gasteiger partial charge in [0.25, 0.3) is 0 Å². The van der Waals surface area contributed by atoms with Crippen molar-refractivity contribution in [3.63, 3.8) is 0 Å². The minimum atomic E-state index is 0.0565. The van der Waals surface area contributed by atoms with Crippen LogP contribution < -0.4 is 9.47 Å². The molecule has 22 heavy (non-hydrogen) atoms. The minimum absolute atomic E-state index is 0.0565. The molecule has 0 unspecified atom stereocenters. The normalized spacial score (nSPS) is 10.2. The van der Waals surface area contributed by atoms with Gasteiger partial charge in [0, 0.05) is 13.2 Å². The van der Waals surface area contributed by atoms with Crippen molar-refractivity contribution in [1.29, 1.82) is 5.26 Å². The van der Waals surface area contributed by atoms with Crippen molar-refractivity contribution in [2.45, 2.75) is 26.5 Å². The Morgan fingerprint density at radius 2 is 1.91 bits per heavy atom. The lowest BCUT2D eigenvalue weighted by Gasteiger charge is -2.09. The Bertz CT molecular complexity index is 631. The third-order valence-corrected chi connectivity index (χ3v) is 2.98. The third-order valence-electron chi connectivity index (χ3n) is 2.98. The Morgan fingerprint density at radius 1 is 1.23 bits per heavy atom. The van der Waals surface area contributed by atoms with Crippen molar-refractivity contribution in [2.75, 3.05) is 13.2 Å². The van der Waals surface area contributed by atoms with Crippen LogP contribution in [0.1, 0.15) is 24.7 Å². The maximum absolute atomic E-state index is 9.06. The van der Waals surface area contributed by atoms with E-state index >= 15 is 0 Å². The number of aromatic nitrogens is 3. The summed E-state index contributed by atoms with van der Waals surface area (Å²) in [4.78, 5) is 0. The maximum atomic E-state index is 9.06. The highest BCUT2D eigenvalue weighted by atomic mass is 16.5. The van der Waals surface area contributed by atoms with Gasteiger partial charge in [-0.25, -0.2) is 4.68 Å². The summed E-state index contributed by atoms with van der Waals surface area (Å²) in [5, 5.41) is 25.7. The van der Waals surface area contributed by atoms with Crippen LogP contribution in [0, 0.1) is 11.3 Å². The largest absolute Gasteiger partial charge is 0.494 e. The van der Waals surface area contributed by atoms with Crippen LogP contribution in [0.25, 0.3) is 0 Å². The molecule has 0 saturated carbocycles. The number of rotatable bonds is 8. The summed E-state index contributed by atoms with van der Waals surface area (Å²) in [5.41, 5.74) is 0.841. The standard InChI is InChI=1S/C15H18N4O3/c1-2-21-12-4-6-13(7-5-12)22-11-15-14(10-16)17-18-19(15)8-3-9-20/h4-7,20H,2-3,8-9,11H2,1H3. The number of aliphatic hydroxyl groups excluding tert-OH is 1. The average Bonchev–Trinajstić information content (AvgIpc) is 2.94. The zero-order valence-corrected chi connectivity index (χ0v) is 12.4. The quantitative estimate of drug-likeness (QED) is 0.794. The van der Waals surface area contributed by atoms with Gasteiger partial charge in [-0.1, -0.05) is 5.21 Å². The molecule has 0 amide bonds. The predicted octanol–water partition coefficient (Wildman–Crippen LogP) is 1.51. The molecule has 0 radical (unpaired) electrons. The van der Waals surface area contributed by atoms with Crippen LogP contribution in [-0.2, 0) is 13.2 Å². The summed E-state index contributed by atoms with van der Waals surface area (Å²) in [6.45, 7) is 3.28. The van der Waals surface area contributed by atoms with Crippen LogP contribution in [0.2, 0.25) is 0 Å². The molecule has 7 nitrogen and oxygen atoms in total. The molecular weight excluding hydrogens is 284 g/mol. The Morgan fingerprint density at radius 3 is 2.50 bits per heavy atom. The van der Waals surface area contributed by atoms with Gasteiger partial charge < -0.3 is 14.6 Å². The van der Waals surface area contributed by atoms with Crippen molar-refractivity contribution in [2.24, 2.45) is 0 Å². The molecule has 116 valence electrons. The summed E-state index contributed by atoms with van der Waals surface area (Å²) < 4.78 is 12.6. The monoisotopic (exact) mass is 302 g/mol.